The van der Waals surface area contributed by atoms with Gasteiger partial charge in [-0.05, 0) is 42.0 Å². The van der Waals surface area contributed by atoms with Crippen LogP contribution >= 0.6 is 11.3 Å². The van der Waals surface area contributed by atoms with Crippen molar-refractivity contribution in [2.75, 3.05) is 5.32 Å². The van der Waals surface area contributed by atoms with Crippen molar-refractivity contribution in [2.45, 2.75) is 37.8 Å². The van der Waals surface area contributed by atoms with Gasteiger partial charge in [-0.1, -0.05) is 31.0 Å². The highest BCUT2D eigenvalue weighted by atomic mass is 32.1. The number of carbonyl (C=O) groups is 2. The SMILES string of the molecule is O=C(Nc1cccc(-c2cccs2)c1)C(=O)NC1CCCCC1O. The molecule has 6 heteroatoms. The van der Waals surface area contributed by atoms with E-state index in [4.69, 9.17) is 0 Å². The number of nitrogens with one attached hydrogen (secondary N) is 2. The first-order valence-electron chi connectivity index (χ1n) is 8.07. The summed E-state index contributed by atoms with van der Waals surface area (Å²) in [5.41, 5.74) is 1.57. The molecule has 0 spiro atoms. The largest absolute Gasteiger partial charge is 0.391 e. The summed E-state index contributed by atoms with van der Waals surface area (Å²) in [5, 5.41) is 17.1. The molecule has 5 nitrogen and oxygen atoms in total. The molecule has 1 aromatic heterocycles. The van der Waals surface area contributed by atoms with Crippen LogP contribution in [0.1, 0.15) is 25.7 Å². The Kier molecular flexibility index (Phi) is 5.27. The van der Waals surface area contributed by atoms with Crippen LogP contribution in [0.4, 0.5) is 5.69 Å². The lowest BCUT2D eigenvalue weighted by Crippen LogP contribution is -2.48. The minimum Gasteiger partial charge on any atom is -0.391 e. The Morgan fingerprint density at radius 1 is 1.08 bits per heavy atom. The van der Waals surface area contributed by atoms with Crippen LogP contribution in [0.5, 0.6) is 0 Å². The number of carbonyl (C=O) groups excluding carboxylic acids is 2. The van der Waals surface area contributed by atoms with Gasteiger partial charge in [0.05, 0.1) is 12.1 Å². The molecule has 1 aromatic carbocycles. The molecule has 126 valence electrons. The van der Waals surface area contributed by atoms with Crippen LogP contribution < -0.4 is 10.6 Å². The monoisotopic (exact) mass is 344 g/mol. The van der Waals surface area contributed by atoms with Crippen LogP contribution in [-0.2, 0) is 9.59 Å². The van der Waals surface area contributed by atoms with E-state index in [1.165, 1.54) is 0 Å². The zero-order valence-electron chi connectivity index (χ0n) is 13.2. The molecular formula is C18H20N2O3S. The van der Waals surface area contributed by atoms with Gasteiger partial charge in [-0.2, -0.15) is 0 Å². The molecule has 1 aliphatic carbocycles. The molecule has 1 aliphatic rings. The van der Waals surface area contributed by atoms with E-state index in [2.05, 4.69) is 10.6 Å². The number of thiophene rings is 1. The fourth-order valence-electron chi connectivity index (χ4n) is 2.89. The molecule has 1 fully saturated rings. The van der Waals surface area contributed by atoms with Crippen molar-refractivity contribution < 1.29 is 14.7 Å². The number of aliphatic hydroxyl groups excluding tert-OH is 1. The predicted molar refractivity (Wildman–Crippen MR) is 94.8 cm³/mol. The first-order valence-corrected chi connectivity index (χ1v) is 8.95. The van der Waals surface area contributed by atoms with Gasteiger partial charge in [0, 0.05) is 10.6 Å². The molecule has 1 saturated carbocycles. The Bertz CT molecular complexity index is 715. The first kappa shape index (κ1) is 16.7. The number of aliphatic hydroxyl groups is 1. The highest BCUT2D eigenvalue weighted by Crippen LogP contribution is 2.26. The lowest BCUT2D eigenvalue weighted by atomic mass is 9.92. The van der Waals surface area contributed by atoms with Gasteiger partial charge in [-0.3, -0.25) is 9.59 Å². The number of benzene rings is 1. The number of rotatable bonds is 3. The topological polar surface area (TPSA) is 78.4 Å². The molecule has 2 amide bonds. The molecular weight excluding hydrogens is 324 g/mol. The van der Waals surface area contributed by atoms with Crippen molar-refractivity contribution >= 4 is 28.8 Å². The Morgan fingerprint density at radius 3 is 2.67 bits per heavy atom. The molecule has 0 bridgehead atoms. The lowest BCUT2D eigenvalue weighted by Gasteiger charge is -2.27. The van der Waals surface area contributed by atoms with Gasteiger partial charge < -0.3 is 15.7 Å². The molecule has 0 aliphatic heterocycles. The standard InChI is InChI=1S/C18H20N2O3S/c21-15-8-2-1-7-14(15)20-18(23)17(22)19-13-6-3-5-12(11-13)16-9-4-10-24-16/h3-6,9-11,14-15,21H,1-2,7-8H2,(H,19,22)(H,20,23). The van der Waals surface area contributed by atoms with Gasteiger partial charge in [0.1, 0.15) is 0 Å². The number of hydrogen-bond donors (Lipinski definition) is 3. The molecule has 0 radical (unpaired) electrons. The second-order valence-electron chi connectivity index (χ2n) is 5.94. The fraction of sp³-hybridized carbons (Fsp3) is 0.333. The first-order chi connectivity index (χ1) is 11.6. The number of anilines is 1. The highest BCUT2D eigenvalue weighted by molar-refractivity contribution is 7.13. The Hall–Kier alpha value is -2.18. The maximum absolute atomic E-state index is 12.1. The Labute approximate surface area is 144 Å². The van der Waals surface area contributed by atoms with Gasteiger partial charge in [0.15, 0.2) is 0 Å². The van der Waals surface area contributed by atoms with Crippen molar-refractivity contribution in [3.8, 4) is 10.4 Å². The fourth-order valence-corrected chi connectivity index (χ4v) is 3.62. The van der Waals surface area contributed by atoms with Gasteiger partial charge >= 0.3 is 11.8 Å². The second-order valence-corrected chi connectivity index (χ2v) is 6.89. The highest BCUT2D eigenvalue weighted by Gasteiger charge is 2.26. The molecule has 3 rings (SSSR count). The molecule has 2 atom stereocenters. The normalized spacial score (nSPS) is 20.4. The van der Waals surface area contributed by atoms with Crippen molar-refractivity contribution in [3.63, 3.8) is 0 Å². The summed E-state index contributed by atoms with van der Waals surface area (Å²) in [4.78, 5) is 25.2. The minimum atomic E-state index is -0.712. The van der Waals surface area contributed by atoms with Crippen LogP contribution in [0, 0.1) is 0 Å². The summed E-state index contributed by atoms with van der Waals surface area (Å²) < 4.78 is 0. The molecule has 0 saturated heterocycles. The third kappa shape index (κ3) is 4.01. The summed E-state index contributed by atoms with van der Waals surface area (Å²) >= 11 is 1.61. The maximum atomic E-state index is 12.1. The van der Waals surface area contributed by atoms with E-state index in [1.54, 1.807) is 17.4 Å². The lowest BCUT2D eigenvalue weighted by molar-refractivity contribution is -0.137. The van der Waals surface area contributed by atoms with Crippen LogP contribution in [0.15, 0.2) is 41.8 Å². The summed E-state index contributed by atoms with van der Waals surface area (Å²) in [6.07, 6.45) is 2.70. The van der Waals surface area contributed by atoms with Crippen molar-refractivity contribution in [2.24, 2.45) is 0 Å². The van der Waals surface area contributed by atoms with Crippen molar-refractivity contribution in [1.29, 1.82) is 0 Å². The van der Waals surface area contributed by atoms with Crippen molar-refractivity contribution in [3.05, 3.63) is 41.8 Å². The van der Waals surface area contributed by atoms with E-state index in [1.807, 2.05) is 35.7 Å². The van der Waals surface area contributed by atoms with Crippen molar-refractivity contribution in [1.82, 2.24) is 5.32 Å². The summed E-state index contributed by atoms with van der Waals surface area (Å²) in [6, 6.07) is 11.0. The van der Waals surface area contributed by atoms with E-state index in [0.29, 0.717) is 18.5 Å². The van der Waals surface area contributed by atoms with E-state index < -0.39 is 17.9 Å². The molecule has 3 N–H and O–H groups in total. The average molecular weight is 344 g/mol. The van der Waals surface area contributed by atoms with Crippen LogP contribution in [-0.4, -0.2) is 29.1 Å². The number of amides is 2. The van der Waals surface area contributed by atoms with Crippen LogP contribution in [0.25, 0.3) is 10.4 Å². The minimum absolute atomic E-state index is 0.338. The third-order valence-electron chi connectivity index (χ3n) is 4.18. The van der Waals surface area contributed by atoms with Gasteiger partial charge in [0.25, 0.3) is 0 Å². The smallest absolute Gasteiger partial charge is 0.313 e. The van der Waals surface area contributed by atoms with Gasteiger partial charge in [0.2, 0.25) is 0 Å². The third-order valence-corrected chi connectivity index (χ3v) is 5.10. The molecule has 2 unspecified atom stereocenters. The Morgan fingerprint density at radius 2 is 1.92 bits per heavy atom. The van der Waals surface area contributed by atoms with Crippen LogP contribution in [0.3, 0.4) is 0 Å². The number of hydrogen-bond acceptors (Lipinski definition) is 4. The predicted octanol–water partition coefficient (Wildman–Crippen LogP) is 2.77. The zero-order valence-corrected chi connectivity index (χ0v) is 14.0. The van der Waals surface area contributed by atoms with Gasteiger partial charge in [-0.15, -0.1) is 11.3 Å². The van der Waals surface area contributed by atoms with Gasteiger partial charge in [-0.25, -0.2) is 0 Å². The average Bonchev–Trinajstić information content (AvgIpc) is 3.12. The zero-order chi connectivity index (χ0) is 16.9. The Balaban J connectivity index is 1.62. The van der Waals surface area contributed by atoms with E-state index in [9.17, 15) is 14.7 Å². The maximum Gasteiger partial charge on any atom is 0.313 e. The van der Waals surface area contributed by atoms with E-state index in [-0.39, 0.29) is 6.04 Å². The van der Waals surface area contributed by atoms with E-state index in [0.717, 1.165) is 23.3 Å². The molecule has 24 heavy (non-hydrogen) atoms. The second kappa shape index (κ2) is 7.59. The molecule has 1 heterocycles. The summed E-state index contributed by atoms with van der Waals surface area (Å²) in [6.45, 7) is 0. The quantitative estimate of drug-likeness (QED) is 0.749. The van der Waals surface area contributed by atoms with E-state index >= 15 is 0 Å². The van der Waals surface area contributed by atoms with Crippen LogP contribution in [0.2, 0.25) is 0 Å². The summed E-state index contributed by atoms with van der Waals surface area (Å²) in [7, 11) is 0. The molecule has 2 aromatic rings. The summed E-state index contributed by atoms with van der Waals surface area (Å²) in [5.74, 6) is -1.42.